The Morgan fingerprint density at radius 2 is 1.87 bits per heavy atom. The predicted molar refractivity (Wildman–Crippen MR) is 92.7 cm³/mol. The average Bonchev–Trinajstić information content (AvgIpc) is 2.48. The first-order chi connectivity index (χ1) is 11.0. The number of aromatic nitrogens is 2. The number of benzene rings is 2. The molecule has 0 saturated carbocycles. The highest BCUT2D eigenvalue weighted by Gasteiger charge is 2.15. The highest BCUT2D eigenvalue weighted by Crippen LogP contribution is 2.19. The fourth-order valence-electron chi connectivity index (χ4n) is 2.45. The molecule has 0 atom stereocenters. The average molecular weight is 427 g/mol. The van der Waals surface area contributed by atoms with Crippen LogP contribution in [0.1, 0.15) is 5.82 Å². The molecule has 2 N–H and O–H groups in total. The summed E-state index contributed by atoms with van der Waals surface area (Å²) in [6.45, 7) is 0.263. The van der Waals surface area contributed by atoms with Gasteiger partial charge < -0.3 is 5.73 Å². The quantitative estimate of drug-likeness (QED) is 0.655. The standard InChI is InChI=1S/C16H12F2IN3O/c17-9-6-10(18)8-11(7-9)22-14(4-5-20)21-15-12(16(22)23)2-1-3-13(15)19/h1-3,6-8H,4-5,20H2. The van der Waals surface area contributed by atoms with Crippen LogP contribution in [0.3, 0.4) is 0 Å². The molecule has 118 valence electrons. The zero-order valence-electron chi connectivity index (χ0n) is 11.9. The van der Waals surface area contributed by atoms with Crippen molar-refractivity contribution in [3.8, 4) is 5.69 Å². The highest BCUT2D eigenvalue weighted by atomic mass is 127. The Morgan fingerprint density at radius 1 is 1.17 bits per heavy atom. The van der Waals surface area contributed by atoms with Gasteiger partial charge >= 0.3 is 0 Å². The molecule has 7 heteroatoms. The van der Waals surface area contributed by atoms with Gasteiger partial charge in [0.25, 0.3) is 5.56 Å². The monoisotopic (exact) mass is 427 g/mol. The van der Waals surface area contributed by atoms with Gasteiger partial charge in [0, 0.05) is 16.1 Å². The summed E-state index contributed by atoms with van der Waals surface area (Å²) in [5.74, 6) is -1.14. The zero-order valence-corrected chi connectivity index (χ0v) is 14.0. The van der Waals surface area contributed by atoms with E-state index in [9.17, 15) is 13.6 Å². The van der Waals surface area contributed by atoms with Crippen LogP contribution in [0.2, 0.25) is 0 Å². The molecule has 0 unspecified atom stereocenters. The van der Waals surface area contributed by atoms with E-state index in [0.717, 1.165) is 21.8 Å². The molecule has 0 aliphatic rings. The van der Waals surface area contributed by atoms with Crippen LogP contribution in [0.15, 0.2) is 41.2 Å². The van der Waals surface area contributed by atoms with Crippen LogP contribution < -0.4 is 11.3 Å². The molecule has 0 amide bonds. The molecule has 4 nitrogen and oxygen atoms in total. The second-order valence-electron chi connectivity index (χ2n) is 4.97. The van der Waals surface area contributed by atoms with E-state index in [2.05, 4.69) is 27.6 Å². The third kappa shape index (κ3) is 2.98. The SMILES string of the molecule is NCCc1nc2c(I)cccc2c(=O)n1-c1cc(F)cc(F)c1. The number of nitrogens with two attached hydrogens (primary N) is 1. The molecule has 0 spiro atoms. The van der Waals surface area contributed by atoms with Crippen molar-refractivity contribution < 1.29 is 8.78 Å². The molecule has 0 saturated heterocycles. The Bertz CT molecular complexity index is 936. The van der Waals surface area contributed by atoms with E-state index in [1.54, 1.807) is 12.1 Å². The van der Waals surface area contributed by atoms with Gasteiger partial charge in [-0.05, 0) is 53.4 Å². The normalized spacial score (nSPS) is 11.1. The zero-order chi connectivity index (χ0) is 16.6. The third-order valence-corrected chi connectivity index (χ3v) is 4.26. The van der Waals surface area contributed by atoms with Crippen LogP contribution in [0.4, 0.5) is 8.78 Å². The predicted octanol–water partition coefficient (Wildman–Crippen LogP) is 2.77. The molecule has 0 fully saturated rings. The molecule has 1 heterocycles. The summed E-state index contributed by atoms with van der Waals surface area (Å²) in [6.07, 6.45) is 0.314. The summed E-state index contributed by atoms with van der Waals surface area (Å²) >= 11 is 2.10. The van der Waals surface area contributed by atoms with E-state index in [-0.39, 0.29) is 17.8 Å². The minimum Gasteiger partial charge on any atom is -0.330 e. The van der Waals surface area contributed by atoms with Crippen molar-refractivity contribution in [2.75, 3.05) is 6.54 Å². The van der Waals surface area contributed by atoms with Crippen molar-refractivity contribution in [2.24, 2.45) is 5.73 Å². The number of nitrogens with zero attached hydrogens (tertiary/aromatic N) is 2. The summed E-state index contributed by atoms with van der Waals surface area (Å²) < 4.78 is 29.1. The molecule has 0 aliphatic heterocycles. The van der Waals surface area contributed by atoms with Gasteiger partial charge in [0.2, 0.25) is 0 Å². The van der Waals surface area contributed by atoms with Gasteiger partial charge in [-0.2, -0.15) is 0 Å². The summed E-state index contributed by atoms with van der Waals surface area (Å²) in [4.78, 5) is 17.3. The van der Waals surface area contributed by atoms with Gasteiger partial charge in [-0.3, -0.25) is 9.36 Å². The van der Waals surface area contributed by atoms with Crippen LogP contribution in [0.25, 0.3) is 16.6 Å². The number of para-hydroxylation sites is 1. The fraction of sp³-hybridized carbons (Fsp3) is 0.125. The fourth-order valence-corrected chi connectivity index (χ4v) is 3.07. The van der Waals surface area contributed by atoms with Crippen molar-refractivity contribution in [2.45, 2.75) is 6.42 Å². The number of fused-ring (bicyclic) bond motifs is 1. The van der Waals surface area contributed by atoms with Gasteiger partial charge in [0.05, 0.1) is 16.6 Å². The molecule has 0 radical (unpaired) electrons. The lowest BCUT2D eigenvalue weighted by Gasteiger charge is -2.14. The molecular weight excluding hydrogens is 415 g/mol. The number of hydrogen-bond acceptors (Lipinski definition) is 3. The molecule has 0 aliphatic carbocycles. The minimum atomic E-state index is -0.756. The van der Waals surface area contributed by atoms with E-state index < -0.39 is 11.6 Å². The Kier molecular flexibility index (Phi) is 4.40. The molecule has 0 bridgehead atoms. The Morgan fingerprint density at radius 3 is 2.52 bits per heavy atom. The van der Waals surface area contributed by atoms with Crippen molar-refractivity contribution in [1.29, 1.82) is 0 Å². The Balaban J connectivity index is 2.40. The van der Waals surface area contributed by atoms with Crippen LogP contribution in [-0.4, -0.2) is 16.1 Å². The Labute approximate surface area is 144 Å². The van der Waals surface area contributed by atoms with Crippen molar-refractivity contribution in [3.63, 3.8) is 0 Å². The maximum absolute atomic E-state index is 13.5. The van der Waals surface area contributed by atoms with E-state index in [1.807, 2.05) is 6.07 Å². The van der Waals surface area contributed by atoms with Crippen LogP contribution in [0, 0.1) is 15.2 Å². The molecule has 23 heavy (non-hydrogen) atoms. The molecule has 3 rings (SSSR count). The maximum atomic E-state index is 13.5. The number of hydrogen-bond donors (Lipinski definition) is 1. The number of rotatable bonds is 3. The first-order valence-corrected chi connectivity index (χ1v) is 7.96. The minimum absolute atomic E-state index is 0.101. The van der Waals surface area contributed by atoms with E-state index in [0.29, 0.717) is 23.1 Å². The first-order valence-electron chi connectivity index (χ1n) is 6.88. The van der Waals surface area contributed by atoms with Crippen molar-refractivity contribution in [3.05, 3.63) is 67.8 Å². The molecule has 3 aromatic rings. The smallest absolute Gasteiger partial charge is 0.266 e. The van der Waals surface area contributed by atoms with Gasteiger partial charge in [0.15, 0.2) is 0 Å². The van der Waals surface area contributed by atoms with E-state index >= 15 is 0 Å². The van der Waals surface area contributed by atoms with Crippen LogP contribution >= 0.6 is 22.6 Å². The summed E-state index contributed by atoms with van der Waals surface area (Å²) in [5, 5.41) is 0.391. The van der Waals surface area contributed by atoms with Gasteiger partial charge in [-0.25, -0.2) is 13.8 Å². The lowest BCUT2D eigenvalue weighted by atomic mass is 10.2. The maximum Gasteiger partial charge on any atom is 0.266 e. The van der Waals surface area contributed by atoms with Crippen molar-refractivity contribution >= 4 is 33.5 Å². The lowest BCUT2D eigenvalue weighted by Crippen LogP contribution is -2.26. The summed E-state index contributed by atoms with van der Waals surface area (Å²) in [6, 6.07) is 8.19. The lowest BCUT2D eigenvalue weighted by molar-refractivity contribution is 0.580. The van der Waals surface area contributed by atoms with Gasteiger partial charge in [0.1, 0.15) is 17.5 Å². The van der Waals surface area contributed by atoms with Crippen LogP contribution in [0.5, 0.6) is 0 Å². The molecule has 2 aromatic carbocycles. The molecule has 1 aromatic heterocycles. The summed E-state index contributed by atoms with van der Waals surface area (Å²) in [5.41, 5.74) is 5.89. The first kappa shape index (κ1) is 16.0. The summed E-state index contributed by atoms with van der Waals surface area (Å²) in [7, 11) is 0. The van der Waals surface area contributed by atoms with E-state index in [4.69, 9.17) is 5.73 Å². The topological polar surface area (TPSA) is 60.9 Å². The largest absolute Gasteiger partial charge is 0.330 e. The number of halogens is 3. The third-order valence-electron chi connectivity index (χ3n) is 3.39. The van der Waals surface area contributed by atoms with E-state index in [1.165, 1.54) is 4.57 Å². The highest BCUT2D eigenvalue weighted by molar-refractivity contribution is 14.1. The Hall–Kier alpha value is -1.87. The van der Waals surface area contributed by atoms with Gasteiger partial charge in [-0.15, -0.1) is 0 Å². The van der Waals surface area contributed by atoms with Gasteiger partial charge in [-0.1, -0.05) is 6.07 Å². The second kappa shape index (κ2) is 6.32. The molecular formula is C16H12F2IN3O. The second-order valence-corrected chi connectivity index (χ2v) is 6.13. The van der Waals surface area contributed by atoms with Crippen LogP contribution in [-0.2, 0) is 6.42 Å². The van der Waals surface area contributed by atoms with Crippen molar-refractivity contribution in [1.82, 2.24) is 9.55 Å².